The smallest absolute Gasteiger partial charge is 0.263 e. The van der Waals surface area contributed by atoms with Crippen molar-refractivity contribution in [3.63, 3.8) is 0 Å². The molecule has 5 heteroatoms. The highest BCUT2D eigenvalue weighted by molar-refractivity contribution is 6.44. The number of urea groups is 1. The molecule has 0 saturated carbocycles. The molecule has 1 aliphatic heterocycles. The van der Waals surface area contributed by atoms with Crippen LogP contribution >= 0.6 is 0 Å². The molecule has 5 nitrogen and oxygen atoms in total. The van der Waals surface area contributed by atoms with E-state index in [0.29, 0.717) is 0 Å². The predicted octanol–water partition coefficient (Wildman–Crippen LogP) is 3.89. The molecule has 1 fully saturated rings. The summed E-state index contributed by atoms with van der Waals surface area (Å²) in [5, 5.41) is 1.98. The summed E-state index contributed by atoms with van der Waals surface area (Å²) in [4.78, 5) is 40.0. The van der Waals surface area contributed by atoms with Crippen LogP contribution in [0, 0.1) is 0 Å². The Kier molecular flexibility index (Phi) is 4.20. The van der Waals surface area contributed by atoms with Crippen LogP contribution in [0.15, 0.2) is 72.8 Å². The van der Waals surface area contributed by atoms with E-state index in [0.717, 1.165) is 31.7 Å². The molecule has 0 spiro atoms. The molecule has 3 aromatic rings. The standard InChI is InChI=1S/C22H18N2O3/c1-15(16-8-3-2-4-9-16)24-21(26)20(25)23(22(24)27)14-18-12-7-11-17-10-5-6-13-19(17)18/h2-13,15H,14H2,1H3. The number of carbonyl (C=O) groups is 3. The van der Waals surface area contributed by atoms with Gasteiger partial charge in [0.2, 0.25) is 0 Å². The van der Waals surface area contributed by atoms with Crippen LogP contribution in [0.2, 0.25) is 0 Å². The first-order chi connectivity index (χ1) is 13.1. The third-order valence-electron chi connectivity index (χ3n) is 4.96. The third-order valence-corrected chi connectivity index (χ3v) is 4.96. The first-order valence-corrected chi connectivity index (χ1v) is 8.78. The summed E-state index contributed by atoms with van der Waals surface area (Å²) in [6.45, 7) is 1.82. The number of imide groups is 2. The van der Waals surface area contributed by atoms with E-state index in [-0.39, 0.29) is 6.54 Å². The Hall–Kier alpha value is -3.47. The molecule has 0 N–H and O–H groups in total. The van der Waals surface area contributed by atoms with Gasteiger partial charge in [-0.3, -0.25) is 14.5 Å². The molecule has 1 unspecified atom stereocenters. The van der Waals surface area contributed by atoms with Gasteiger partial charge in [0.05, 0.1) is 12.6 Å². The van der Waals surface area contributed by atoms with Crippen molar-refractivity contribution in [1.82, 2.24) is 9.80 Å². The van der Waals surface area contributed by atoms with Crippen LogP contribution in [0.1, 0.15) is 24.1 Å². The molecule has 0 aliphatic carbocycles. The average molecular weight is 358 g/mol. The number of rotatable bonds is 4. The van der Waals surface area contributed by atoms with Crippen LogP contribution in [0.5, 0.6) is 0 Å². The number of nitrogens with zero attached hydrogens (tertiary/aromatic N) is 2. The van der Waals surface area contributed by atoms with Gasteiger partial charge in [0.25, 0.3) is 0 Å². The van der Waals surface area contributed by atoms with Gasteiger partial charge in [-0.05, 0) is 28.8 Å². The second-order valence-corrected chi connectivity index (χ2v) is 6.57. The summed E-state index contributed by atoms with van der Waals surface area (Å²) in [6, 6.07) is 21.6. The molecular formula is C22H18N2O3. The monoisotopic (exact) mass is 358 g/mol. The Morgan fingerprint density at radius 1 is 0.778 bits per heavy atom. The number of hydrogen-bond acceptors (Lipinski definition) is 3. The fourth-order valence-electron chi connectivity index (χ4n) is 3.48. The minimum Gasteiger partial charge on any atom is -0.263 e. The molecule has 1 heterocycles. The largest absolute Gasteiger partial charge is 0.335 e. The Bertz CT molecular complexity index is 1040. The molecule has 3 aromatic carbocycles. The van der Waals surface area contributed by atoms with Crippen LogP contribution < -0.4 is 0 Å². The van der Waals surface area contributed by atoms with E-state index < -0.39 is 23.9 Å². The lowest BCUT2D eigenvalue weighted by atomic mass is 10.0. The van der Waals surface area contributed by atoms with E-state index >= 15 is 0 Å². The highest BCUT2D eigenvalue weighted by atomic mass is 16.2. The van der Waals surface area contributed by atoms with Gasteiger partial charge in [0.15, 0.2) is 0 Å². The molecule has 0 aromatic heterocycles. The quantitative estimate of drug-likeness (QED) is 0.525. The van der Waals surface area contributed by atoms with Crippen molar-refractivity contribution in [2.75, 3.05) is 0 Å². The highest BCUT2D eigenvalue weighted by Gasteiger charge is 2.46. The van der Waals surface area contributed by atoms with E-state index in [2.05, 4.69) is 0 Å². The van der Waals surface area contributed by atoms with Crippen LogP contribution in [0.3, 0.4) is 0 Å². The molecule has 4 amide bonds. The number of hydrogen-bond donors (Lipinski definition) is 0. The third kappa shape index (κ3) is 2.87. The lowest BCUT2D eigenvalue weighted by Gasteiger charge is -2.22. The summed E-state index contributed by atoms with van der Waals surface area (Å²) < 4.78 is 0. The van der Waals surface area contributed by atoms with Crippen molar-refractivity contribution in [2.45, 2.75) is 19.5 Å². The molecule has 0 bridgehead atoms. The number of amides is 4. The van der Waals surface area contributed by atoms with E-state index in [1.165, 1.54) is 0 Å². The lowest BCUT2D eigenvalue weighted by molar-refractivity contribution is -0.144. The first kappa shape index (κ1) is 17.0. The van der Waals surface area contributed by atoms with Gasteiger partial charge in [-0.15, -0.1) is 0 Å². The zero-order valence-corrected chi connectivity index (χ0v) is 14.8. The SMILES string of the molecule is CC(c1ccccc1)N1C(=O)C(=O)N(Cc2cccc3ccccc23)C1=O. The summed E-state index contributed by atoms with van der Waals surface area (Å²) >= 11 is 0. The maximum atomic E-state index is 12.9. The van der Waals surface area contributed by atoms with Crippen LogP contribution in [0.25, 0.3) is 10.8 Å². The fourth-order valence-corrected chi connectivity index (χ4v) is 3.48. The van der Waals surface area contributed by atoms with Gasteiger partial charge in [-0.2, -0.15) is 0 Å². The van der Waals surface area contributed by atoms with E-state index in [9.17, 15) is 14.4 Å². The molecule has 0 radical (unpaired) electrons. The minimum atomic E-state index is -0.782. The Morgan fingerprint density at radius 3 is 2.22 bits per heavy atom. The number of carbonyl (C=O) groups excluding carboxylic acids is 3. The molecule has 4 rings (SSSR count). The van der Waals surface area contributed by atoms with Crippen LogP contribution in [0.4, 0.5) is 4.79 Å². The number of fused-ring (bicyclic) bond motifs is 1. The second-order valence-electron chi connectivity index (χ2n) is 6.57. The molecule has 1 aliphatic rings. The number of benzene rings is 3. The van der Waals surface area contributed by atoms with Crippen molar-refractivity contribution in [2.24, 2.45) is 0 Å². The Morgan fingerprint density at radius 2 is 1.44 bits per heavy atom. The summed E-state index contributed by atoms with van der Waals surface area (Å²) in [5.41, 5.74) is 1.64. The topological polar surface area (TPSA) is 57.7 Å². The summed E-state index contributed by atoms with van der Waals surface area (Å²) in [5.74, 6) is -1.56. The van der Waals surface area contributed by atoms with E-state index in [4.69, 9.17) is 0 Å². The molecule has 134 valence electrons. The molecular weight excluding hydrogens is 340 g/mol. The maximum Gasteiger partial charge on any atom is 0.335 e. The van der Waals surface area contributed by atoms with Crippen molar-refractivity contribution >= 4 is 28.6 Å². The van der Waals surface area contributed by atoms with Crippen LogP contribution in [-0.2, 0) is 16.1 Å². The van der Waals surface area contributed by atoms with Gasteiger partial charge >= 0.3 is 17.8 Å². The van der Waals surface area contributed by atoms with Crippen molar-refractivity contribution < 1.29 is 14.4 Å². The van der Waals surface area contributed by atoms with Gasteiger partial charge in [0.1, 0.15) is 0 Å². The average Bonchev–Trinajstić information content (AvgIpc) is 2.91. The van der Waals surface area contributed by atoms with Gasteiger partial charge in [-0.25, -0.2) is 9.69 Å². The maximum absolute atomic E-state index is 12.9. The van der Waals surface area contributed by atoms with Gasteiger partial charge in [-0.1, -0.05) is 72.8 Å². The van der Waals surface area contributed by atoms with Gasteiger partial charge < -0.3 is 0 Å². The predicted molar refractivity (Wildman–Crippen MR) is 102 cm³/mol. The Labute approximate surface area is 156 Å². The van der Waals surface area contributed by atoms with Crippen LogP contribution in [-0.4, -0.2) is 27.6 Å². The normalized spacial score (nSPS) is 15.7. The zero-order chi connectivity index (χ0) is 19.0. The van der Waals surface area contributed by atoms with E-state index in [1.54, 1.807) is 6.92 Å². The lowest BCUT2D eigenvalue weighted by Crippen LogP contribution is -2.35. The van der Waals surface area contributed by atoms with Crippen molar-refractivity contribution in [3.05, 3.63) is 83.9 Å². The second kappa shape index (κ2) is 6.68. The summed E-state index contributed by atoms with van der Waals surface area (Å²) in [6.07, 6.45) is 0. The minimum absolute atomic E-state index is 0.0722. The zero-order valence-electron chi connectivity index (χ0n) is 14.8. The van der Waals surface area contributed by atoms with E-state index in [1.807, 2.05) is 72.8 Å². The fraction of sp³-hybridized carbons (Fsp3) is 0.136. The van der Waals surface area contributed by atoms with Gasteiger partial charge in [0, 0.05) is 0 Å². The Balaban J connectivity index is 1.65. The first-order valence-electron chi connectivity index (χ1n) is 8.78. The molecule has 27 heavy (non-hydrogen) atoms. The molecule has 1 saturated heterocycles. The highest BCUT2D eigenvalue weighted by Crippen LogP contribution is 2.28. The molecule has 1 atom stereocenters. The van der Waals surface area contributed by atoms with Crippen molar-refractivity contribution in [1.29, 1.82) is 0 Å². The van der Waals surface area contributed by atoms with Crippen molar-refractivity contribution in [3.8, 4) is 0 Å². The summed E-state index contributed by atoms with van der Waals surface area (Å²) in [7, 11) is 0.